The van der Waals surface area contributed by atoms with Crippen LogP contribution in [0.3, 0.4) is 0 Å². The van der Waals surface area contributed by atoms with Gasteiger partial charge in [-0.1, -0.05) is 6.92 Å². The van der Waals surface area contributed by atoms with Crippen LogP contribution in [0.25, 0.3) is 0 Å². The van der Waals surface area contributed by atoms with Crippen LogP contribution >= 0.6 is 0 Å². The molecule has 2 rings (SSSR count). The maximum Gasteiger partial charge on any atom is 0.0218 e. The van der Waals surface area contributed by atoms with E-state index in [2.05, 4.69) is 29.1 Å². The van der Waals surface area contributed by atoms with Gasteiger partial charge in [-0.3, -0.25) is 0 Å². The van der Waals surface area contributed by atoms with Crippen LogP contribution in [0.15, 0.2) is 0 Å². The number of likely N-dealkylation sites (N-methyl/N-ethyl adjacent to an activating group) is 1. The SMILES string of the molecule is CCC1CN(CCC2CCNCC2)CCN1C. The van der Waals surface area contributed by atoms with Crippen molar-refractivity contribution >= 4 is 0 Å². The molecule has 0 aromatic heterocycles. The Morgan fingerprint density at radius 3 is 2.65 bits per heavy atom. The summed E-state index contributed by atoms with van der Waals surface area (Å²) in [5.74, 6) is 0.982. The Morgan fingerprint density at radius 1 is 1.18 bits per heavy atom. The van der Waals surface area contributed by atoms with E-state index in [0.717, 1.165) is 12.0 Å². The van der Waals surface area contributed by atoms with Crippen molar-refractivity contribution in [2.24, 2.45) is 5.92 Å². The first-order valence-corrected chi connectivity index (χ1v) is 7.43. The Labute approximate surface area is 107 Å². The second kappa shape index (κ2) is 6.72. The lowest BCUT2D eigenvalue weighted by atomic mass is 9.94. The van der Waals surface area contributed by atoms with Crippen LogP contribution in [0.5, 0.6) is 0 Å². The first-order valence-electron chi connectivity index (χ1n) is 7.43. The second-order valence-corrected chi connectivity index (χ2v) is 5.83. The van der Waals surface area contributed by atoms with E-state index in [9.17, 15) is 0 Å². The zero-order chi connectivity index (χ0) is 12.1. The molecule has 0 radical (unpaired) electrons. The van der Waals surface area contributed by atoms with Gasteiger partial charge in [-0.15, -0.1) is 0 Å². The minimum atomic E-state index is 0.789. The first kappa shape index (κ1) is 13.3. The number of rotatable bonds is 4. The van der Waals surface area contributed by atoms with Crippen molar-refractivity contribution in [1.82, 2.24) is 15.1 Å². The fourth-order valence-electron chi connectivity index (χ4n) is 3.19. The van der Waals surface area contributed by atoms with E-state index in [0.29, 0.717) is 0 Å². The van der Waals surface area contributed by atoms with Crippen LogP contribution in [0.4, 0.5) is 0 Å². The minimum absolute atomic E-state index is 0.789. The standard InChI is InChI=1S/C14H29N3/c1-3-14-12-17(11-10-16(14)2)9-6-13-4-7-15-8-5-13/h13-15H,3-12H2,1-2H3. The zero-order valence-electron chi connectivity index (χ0n) is 11.6. The monoisotopic (exact) mass is 239 g/mol. The highest BCUT2D eigenvalue weighted by molar-refractivity contribution is 4.80. The molecule has 0 bridgehead atoms. The molecule has 0 aliphatic carbocycles. The molecule has 2 aliphatic rings. The molecule has 0 saturated carbocycles. The Hall–Kier alpha value is -0.120. The van der Waals surface area contributed by atoms with Crippen molar-refractivity contribution < 1.29 is 0 Å². The summed E-state index contributed by atoms with van der Waals surface area (Å²) in [4.78, 5) is 5.22. The summed E-state index contributed by atoms with van der Waals surface area (Å²) >= 11 is 0. The van der Waals surface area contributed by atoms with Gasteiger partial charge in [0.15, 0.2) is 0 Å². The lowest BCUT2D eigenvalue weighted by Gasteiger charge is -2.39. The maximum atomic E-state index is 3.45. The third-order valence-electron chi connectivity index (χ3n) is 4.64. The fraction of sp³-hybridized carbons (Fsp3) is 1.00. The van der Waals surface area contributed by atoms with E-state index in [1.807, 2.05) is 0 Å². The van der Waals surface area contributed by atoms with Gasteiger partial charge < -0.3 is 15.1 Å². The molecule has 2 heterocycles. The van der Waals surface area contributed by atoms with Gasteiger partial charge in [0.2, 0.25) is 0 Å². The van der Waals surface area contributed by atoms with E-state index in [1.54, 1.807) is 0 Å². The second-order valence-electron chi connectivity index (χ2n) is 5.83. The molecule has 0 amide bonds. The molecular formula is C14H29N3. The van der Waals surface area contributed by atoms with Crippen LogP contribution in [0.2, 0.25) is 0 Å². The average Bonchev–Trinajstić information content (AvgIpc) is 2.39. The van der Waals surface area contributed by atoms with Crippen molar-refractivity contribution in [3.05, 3.63) is 0 Å². The summed E-state index contributed by atoms with van der Waals surface area (Å²) in [7, 11) is 2.28. The third-order valence-corrected chi connectivity index (χ3v) is 4.64. The number of piperazine rings is 1. The summed E-state index contributed by atoms with van der Waals surface area (Å²) in [5, 5.41) is 3.45. The molecule has 1 unspecified atom stereocenters. The normalized spacial score (nSPS) is 29.6. The van der Waals surface area contributed by atoms with Crippen LogP contribution in [0, 0.1) is 5.92 Å². The molecule has 2 fully saturated rings. The molecule has 0 aromatic rings. The predicted octanol–water partition coefficient (Wildman–Crippen LogP) is 1.40. The van der Waals surface area contributed by atoms with Crippen LogP contribution in [0.1, 0.15) is 32.6 Å². The van der Waals surface area contributed by atoms with Crippen molar-refractivity contribution in [2.45, 2.75) is 38.6 Å². The summed E-state index contributed by atoms with van der Waals surface area (Å²) in [6.07, 6.45) is 5.50. The van der Waals surface area contributed by atoms with Crippen LogP contribution in [-0.4, -0.2) is 62.2 Å². The largest absolute Gasteiger partial charge is 0.317 e. The fourth-order valence-corrected chi connectivity index (χ4v) is 3.19. The van der Waals surface area contributed by atoms with Gasteiger partial charge >= 0.3 is 0 Å². The molecule has 1 atom stereocenters. The summed E-state index contributed by atoms with van der Waals surface area (Å²) in [6.45, 7) is 9.95. The summed E-state index contributed by atoms with van der Waals surface area (Å²) in [5.41, 5.74) is 0. The molecule has 100 valence electrons. The molecule has 1 N–H and O–H groups in total. The average molecular weight is 239 g/mol. The van der Waals surface area contributed by atoms with Crippen molar-refractivity contribution in [2.75, 3.05) is 46.3 Å². The highest BCUT2D eigenvalue weighted by Gasteiger charge is 2.23. The highest BCUT2D eigenvalue weighted by atomic mass is 15.3. The lowest BCUT2D eigenvalue weighted by molar-refractivity contribution is 0.0874. The van der Waals surface area contributed by atoms with E-state index < -0.39 is 0 Å². The van der Waals surface area contributed by atoms with Crippen molar-refractivity contribution in [3.8, 4) is 0 Å². The van der Waals surface area contributed by atoms with E-state index >= 15 is 0 Å². The lowest BCUT2D eigenvalue weighted by Crippen LogP contribution is -2.51. The van der Waals surface area contributed by atoms with Gasteiger partial charge in [-0.25, -0.2) is 0 Å². The maximum absolute atomic E-state index is 3.45. The van der Waals surface area contributed by atoms with E-state index in [1.165, 1.54) is 65.0 Å². The third kappa shape index (κ3) is 3.94. The van der Waals surface area contributed by atoms with Gasteiger partial charge in [0.1, 0.15) is 0 Å². The van der Waals surface area contributed by atoms with E-state index in [-0.39, 0.29) is 0 Å². The van der Waals surface area contributed by atoms with Crippen LogP contribution in [-0.2, 0) is 0 Å². The quantitative estimate of drug-likeness (QED) is 0.800. The van der Waals surface area contributed by atoms with Crippen LogP contribution < -0.4 is 5.32 Å². The molecule has 3 heteroatoms. The van der Waals surface area contributed by atoms with Gasteiger partial charge in [-0.2, -0.15) is 0 Å². The number of nitrogens with one attached hydrogen (secondary N) is 1. The molecule has 2 saturated heterocycles. The van der Waals surface area contributed by atoms with E-state index in [4.69, 9.17) is 0 Å². The Morgan fingerprint density at radius 2 is 1.94 bits per heavy atom. The summed E-state index contributed by atoms with van der Waals surface area (Å²) < 4.78 is 0. The molecule has 0 spiro atoms. The first-order chi connectivity index (χ1) is 8.29. The number of nitrogens with zero attached hydrogens (tertiary/aromatic N) is 2. The molecule has 0 aromatic carbocycles. The molecule has 3 nitrogen and oxygen atoms in total. The number of hydrogen-bond acceptors (Lipinski definition) is 3. The van der Waals surface area contributed by atoms with Gasteiger partial charge in [0, 0.05) is 25.7 Å². The molecular weight excluding hydrogens is 210 g/mol. The summed E-state index contributed by atoms with van der Waals surface area (Å²) in [6, 6.07) is 0.789. The van der Waals surface area contributed by atoms with Gasteiger partial charge in [0.25, 0.3) is 0 Å². The number of piperidine rings is 1. The smallest absolute Gasteiger partial charge is 0.0218 e. The van der Waals surface area contributed by atoms with Gasteiger partial charge in [-0.05, 0) is 58.3 Å². The van der Waals surface area contributed by atoms with Gasteiger partial charge in [0.05, 0.1) is 0 Å². The van der Waals surface area contributed by atoms with Crippen molar-refractivity contribution in [1.29, 1.82) is 0 Å². The highest BCUT2D eigenvalue weighted by Crippen LogP contribution is 2.18. The molecule has 2 aliphatic heterocycles. The topological polar surface area (TPSA) is 18.5 Å². The number of hydrogen-bond donors (Lipinski definition) is 1. The zero-order valence-corrected chi connectivity index (χ0v) is 11.6. The molecule has 17 heavy (non-hydrogen) atoms. The Kier molecular flexibility index (Phi) is 5.26. The Bertz CT molecular complexity index is 214. The van der Waals surface area contributed by atoms with Crippen molar-refractivity contribution in [3.63, 3.8) is 0 Å². The predicted molar refractivity (Wildman–Crippen MR) is 73.4 cm³/mol. The Balaban J connectivity index is 1.68. The minimum Gasteiger partial charge on any atom is -0.317 e.